The minimum absolute atomic E-state index is 0.308. The van der Waals surface area contributed by atoms with Crippen LogP contribution in [-0.2, 0) is 9.53 Å². The van der Waals surface area contributed by atoms with Gasteiger partial charge in [0.2, 0.25) is 5.91 Å². The van der Waals surface area contributed by atoms with E-state index < -0.39 is 17.9 Å². The van der Waals surface area contributed by atoms with Crippen LogP contribution in [0.5, 0.6) is 0 Å². The van der Waals surface area contributed by atoms with Crippen LogP contribution < -0.4 is 10.2 Å². The summed E-state index contributed by atoms with van der Waals surface area (Å²) in [5.41, 5.74) is 0.722. The second-order valence-corrected chi connectivity index (χ2v) is 6.11. The van der Waals surface area contributed by atoms with Crippen molar-refractivity contribution < 1.29 is 24.0 Å². The van der Waals surface area contributed by atoms with Crippen molar-refractivity contribution in [3.8, 4) is 0 Å². The predicted octanol–water partition coefficient (Wildman–Crippen LogP) is -1.30. The number of fused-ring (bicyclic) bond motifs is 1. The van der Waals surface area contributed by atoms with Gasteiger partial charge in [-0.05, 0) is 19.1 Å². The lowest BCUT2D eigenvalue weighted by Gasteiger charge is -2.25. The van der Waals surface area contributed by atoms with E-state index >= 15 is 0 Å². The number of nitrogens with zero attached hydrogens (tertiary/aromatic N) is 1. The van der Waals surface area contributed by atoms with E-state index in [1.165, 1.54) is 4.90 Å². The summed E-state index contributed by atoms with van der Waals surface area (Å²) < 4.78 is 5.30. The van der Waals surface area contributed by atoms with Gasteiger partial charge in [-0.25, -0.2) is 0 Å². The Kier molecular flexibility index (Phi) is 4.92. The van der Waals surface area contributed by atoms with Gasteiger partial charge < -0.3 is 15.0 Å². The molecule has 0 aromatic heterocycles. The molecule has 1 aromatic carbocycles. The number of ether oxygens (including phenoxy) is 1. The maximum atomic E-state index is 12.4. The maximum absolute atomic E-state index is 12.4. The van der Waals surface area contributed by atoms with Crippen molar-refractivity contribution >= 4 is 17.7 Å². The molecule has 0 bridgehead atoms. The van der Waals surface area contributed by atoms with Crippen LogP contribution >= 0.6 is 0 Å². The Hall–Kier alpha value is -2.25. The van der Waals surface area contributed by atoms with E-state index in [-0.39, 0.29) is 5.91 Å². The fourth-order valence-electron chi connectivity index (χ4n) is 3.10. The van der Waals surface area contributed by atoms with Gasteiger partial charge >= 0.3 is 0 Å². The summed E-state index contributed by atoms with van der Waals surface area (Å²) >= 11 is 0. The zero-order chi connectivity index (χ0) is 17.1. The number of amides is 3. The number of hydrogen-bond acceptors (Lipinski definition) is 4. The van der Waals surface area contributed by atoms with Crippen LogP contribution in [0.25, 0.3) is 0 Å². The maximum Gasteiger partial charge on any atom is 0.262 e. The first-order valence-corrected chi connectivity index (χ1v) is 8.25. The van der Waals surface area contributed by atoms with Crippen molar-refractivity contribution in [3.63, 3.8) is 0 Å². The molecule has 2 N–H and O–H groups in total. The van der Waals surface area contributed by atoms with Gasteiger partial charge in [-0.1, -0.05) is 12.1 Å². The van der Waals surface area contributed by atoms with Gasteiger partial charge in [0.15, 0.2) is 0 Å². The predicted molar refractivity (Wildman–Crippen MR) is 85.8 cm³/mol. The number of hydrogen-bond donors (Lipinski definition) is 2. The number of benzene rings is 1. The van der Waals surface area contributed by atoms with Crippen molar-refractivity contribution in [3.05, 3.63) is 35.4 Å². The summed E-state index contributed by atoms with van der Waals surface area (Å²) in [7, 11) is 0. The van der Waals surface area contributed by atoms with Gasteiger partial charge in [0.1, 0.15) is 19.1 Å². The largest absolute Gasteiger partial charge is 0.370 e. The van der Waals surface area contributed by atoms with Gasteiger partial charge in [0.05, 0.1) is 37.4 Å². The Morgan fingerprint density at radius 1 is 1.21 bits per heavy atom. The molecule has 0 radical (unpaired) electrons. The second kappa shape index (κ2) is 7.11. The molecule has 1 saturated heterocycles. The minimum atomic E-state index is -0.822. The molecule has 1 fully saturated rings. The van der Waals surface area contributed by atoms with E-state index in [9.17, 15) is 14.4 Å². The molecule has 0 unspecified atom stereocenters. The number of morpholine rings is 1. The average Bonchev–Trinajstić information content (AvgIpc) is 2.86. The quantitative estimate of drug-likeness (QED) is 0.657. The lowest BCUT2D eigenvalue weighted by atomic mass is 10.1. The Morgan fingerprint density at radius 2 is 1.79 bits per heavy atom. The standard InChI is InChI=1S/C17H21N3O4/c1-12(15(21)18-6-7-19-8-10-24-11-9-19)20-16(22)13-4-2-3-5-14(13)17(20)23/h2-5,12H,6-11H2,1H3,(H,18,21)/p+1/t12-/m0/s1. The highest BCUT2D eigenvalue weighted by Crippen LogP contribution is 2.24. The molecule has 0 aliphatic carbocycles. The summed E-state index contributed by atoms with van der Waals surface area (Å²) in [4.78, 5) is 39.5. The van der Waals surface area contributed by atoms with E-state index in [1.54, 1.807) is 31.2 Å². The third-order valence-corrected chi connectivity index (χ3v) is 4.57. The first kappa shape index (κ1) is 16.6. The van der Waals surface area contributed by atoms with Crippen LogP contribution in [0.2, 0.25) is 0 Å². The number of carbonyl (C=O) groups excluding carboxylic acids is 3. The van der Waals surface area contributed by atoms with Crippen LogP contribution in [0.15, 0.2) is 24.3 Å². The van der Waals surface area contributed by atoms with E-state index in [4.69, 9.17) is 4.74 Å². The molecule has 1 atom stereocenters. The third kappa shape index (κ3) is 3.18. The van der Waals surface area contributed by atoms with Gasteiger partial charge in [0.25, 0.3) is 11.8 Å². The minimum Gasteiger partial charge on any atom is -0.370 e. The topological polar surface area (TPSA) is 80.2 Å². The number of nitrogens with one attached hydrogen (secondary N) is 2. The second-order valence-electron chi connectivity index (χ2n) is 6.11. The zero-order valence-corrected chi connectivity index (χ0v) is 13.7. The molecule has 3 amide bonds. The summed E-state index contributed by atoms with van der Waals surface area (Å²) in [6, 6.07) is 5.83. The molecule has 2 aliphatic heterocycles. The highest BCUT2D eigenvalue weighted by molar-refractivity contribution is 6.22. The molecular weight excluding hydrogens is 310 g/mol. The summed E-state index contributed by atoms with van der Waals surface area (Å²) in [5, 5.41) is 2.83. The average molecular weight is 332 g/mol. The van der Waals surface area contributed by atoms with Crippen molar-refractivity contribution in [2.75, 3.05) is 39.4 Å². The first-order valence-electron chi connectivity index (χ1n) is 8.25. The Bertz CT molecular complexity index is 620. The van der Waals surface area contributed by atoms with E-state index in [0.717, 1.165) is 37.7 Å². The lowest BCUT2D eigenvalue weighted by molar-refractivity contribution is -0.906. The molecule has 7 nitrogen and oxygen atoms in total. The Balaban J connectivity index is 1.56. The molecule has 2 aliphatic rings. The smallest absolute Gasteiger partial charge is 0.262 e. The molecule has 24 heavy (non-hydrogen) atoms. The van der Waals surface area contributed by atoms with Crippen molar-refractivity contribution in [2.45, 2.75) is 13.0 Å². The van der Waals surface area contributed by atoms with Gasteiger partial charge in [-0.15, -0.1) is 0 Å². The van der Waals surface area contributed by atoms with E-state index in [0.29, 0.717) is 17.7 Å². The van der Waals surface area contributed by atoms with Gasteiger partial charge in [0, 0.05) is 0 Å². The van der Waals surface area contributed by atoms with Crippen LogP contribution in [-0.4, -0.2) is 68.1 Å². The lowest BCUT2D eigenvalue weighted by Crippen LogP contribution is -3.14. The highest BCUT2D eigenvalue weighted by Gasteiger charge is 2.40. The van der Waals surface area contributed by atoms with Gasteiger partial charge in [-0.3, -0.25) is 19.3 Å². The molecule has 0 spiro atoms. The molecule has 1 aromatic rings. The summed E-state index contributed by atoms with van der Waals surface area (Å²) in [6.07, 6.45) is 0. The van der Waals surface area contributed by atoms with Crippen LogP contribution in [0, 0.1) is 0 Å². The fraction of sp³-hybridized carbons (Fsp3) is 0.471. The molecule has 2 heterocycles. The van der Waals surface area contributed by atoms with Crippen LogP contribution in [0.1, 0.15) is 27.6 Å². The van der Waals surface area contributed by atoms with Gasteiger partial charge in [-0.2, -0.15) is 0 Å². The van der Waals surface area contributed by atoms with Crippen LogP contribution in [0.4, 0.5) is 0 Å². The van der Waals surface area contributed by atoms with Crippen molar-refractivity contribution in [1.29, 1.82) is 0 Å². The molecule has 128 valence electrons. The summed E-state index contributed by atoms with van der Waals surface area (Å²) in [5.74, 6) is -1.12. The first-order chi connectivity index (χ1) is 11.6. The highest BCUT2D eigenvalue weighted by atomic mass is 16.5. The molecule has 7 heteroatoms. The van der Waals surface area contributed by atoms with Crippen molar-refractivity contribution in [2.24, 2.45) is 0 Å². The molecular formula is C17H22N3O4+. The zero-order valence-electron chi connectivity index (χ0n) is 13.7. The Morgan fingerprint density at radius 3 is 2.38 bits per heavy atom. The molecule has 3 rings (SSSR count). The number of quaternary nitrogens is 1. The summed E-state index contributed by atoms with van der Waals surface area (Å²) in [6.45, 7) is 6.27. The molecule has 0 saturated carbocycles. The number of imide groups is 1. The van der Waals surface area contributed by atoms with Crippen LogP contribution in [0.3, 0.4) is 0 Å². The monoisotopic (exact) mass is 332 g/mol. The van der Waals surface area contributed by atoms with E-state index in [2.05, 4.69) is 5.32 Å². The fourth-order valence-corrected chi connectivity index (χ4v) is 3.10. The number of rotatable bonds is 5. The number of carbonyl (C=O) groups is 3. The normalized spacial score (nSPS) is 19.3. The third-order valence-electron chi connectivity index (χ3n) is 4.57. The SMILES string of the molecule is C[C@@H](C(=O)NCC[NH+]1CCOCC1)N1C(=O)c2ccccc2C1=O. The Labute approximate surface area is 140 Å². The van der Waals surface area contributed by atoms with Crippen molar-refractivity contribution in [1.82, 2.24) is 10.2 Å². The van der Waals surface area contributed by atoms with E-state index in [1.807, 2.05) is 0 Å².